The molecule has 0 aliphatic carbocycles. The second-order valence-corrected chi connectivity index (χ2v) is 2.73. The number of nitrogens with zero attached hydrogens (tertiary/aromatic N) is 1. The second kappa shape index (κ2) is 2.90. The third-order valence-corrected chi connectivity index (χ3v) is 1.67. The Balaban J connectivity index is 2.50. The summed E-state index contributed by atoms with van der Waals surface area (Å²) < 4.78 is 5.23. The summed E-state index contributed by atoms with van der Waals surface area (Å²) in [6, 6.07) is 0.143. The Morgan fingerprint density at radius 1 is 1.73 bits per heavy atom. The Labute approximate surface area is 65.4 Å². The Bertz CT molecular complexity index is 201. The van der Waals surface area contributed by atoms with Crippen molar-refractivity contribution in [3.63, 3.8) is 0 Å². The Morgan fingerprint density at radius 3 is 2.73 bits per heavy atom. The van der Waals surface area contributed by atoms with Gasteiger partial charge in [0.05, 0.1) is 6.04 Å². The van der Waals surface area contributed by atoms with Crippen LogP contribution in [-0.2, 0) is 9.53 Å². The van der Waals surface area contributed by atoms with E-state index in [9.17, 15) is 4.79 Å². The van der Waals surface area contributed by atoms with Crippen molar-refractivity contribution in [1.29, 1.82) is 0 Å². The fourth-order valence-electron chi connectivity index (χ4n) is 0.912. The number of amides is 1. The molecular weight excluding hydrogens is 144 g/mol. The zero-order valence-corrected chi connectivity index (χ0v) is 6.70. The molecule has 4 heteroatoms. The number of nitrogens with two attached hydrogens (primary N) is 1. The number of aliphatic imine (C=N–C) groups is 1. The minimum absolute atomic E-state index is 0.0735. The van der Waals surface area contributed by atoms with Crippen LogP contribution in [0.5, 0.6) is 0 Å². The lowest BCUT2D eigenvalue weighted by Gasteiger charge is -2.06. The number of carbonyl (C=O) groups is 1. The van der Waals surface area contributed by atoms with Crippen molar-refractivity contribution in [2.75, 3.05) is 0 Å². The van der Waals surface area contributed by atoms with Gasteiger partial charge in [-0.05, 0) is 13.8 Å². The zero-order valence-electron chi connectivity index (χ0n) is 6.70. The first kappa shape index (κ1) is 8.04. The molecule has 0 aromatic rings. The predicted octanol–water partition coefficient (Wildman–Crippen LogP) is 0.0675. The van der Waals surface area contributed by atoms with Crippen LogP contribution < -0.4 is 5.73 Å². The maximum atomic E-state index is 10.4. The molecule has 11 heavy (non-hydrogen) atoms. The molecule has 1 rings (SSSR count). The summed E-state index contributed by atoms with van der Waals surface area (Å²) in [5.41, 5.74) is 4.96. The number of ether oxygens (including phenoxy) is 1. The highest BCUT2D eigenvalue weighted by molar-refractivity contribution is 5.96. The van der Waals surface area contributed by atoms with Crippen LogP contribution in [0, 0.1) is 0 Å². The minimum Gasteiger partial charge on any atom is -0.475 e. The monoisotopic (exact) mass is 156 g/mol. The molecule has 4 nitrogen and oxygen atoms in total. The van der Waals surface area contributed by atoms with E-state index in [2.05, 4.69) is 4.99 Å². The van der Waals surface area contributed by atoms with Gasteiger partial charge in [0, 0.05) is 0 Å². The van der Waals surface area contributed by atoms with E-state index in [1.807, 2.05) is 13.8 Å². The molecule has 62 valence electrons. The van der Waals surface area contributed by atoms with Crippen LogP contribution in [0.4, 0.5) is 0 Å². The molecule has 2 atom stereocenters. The van der Waals surface area contributed by atoms with Gasteiger partial charge in [0.25, 0.3) is 0 Å². The molecular formula is C7H12N2O2. The lowest BCUT2D eigenvalue weighted by molar-refractivity contribution is -0.117. The first-order valence-electron chi connectivity index (χ1n) is 3.61. The number of hydrogen-bond acceptors (Lipinski definition) is 3. The number of primary amides is 1. The lowest BCUT2D eigenvalue weighted by Crippen LogP contribution is -2.18. The van der Waals surface area contributed by atoms with Crippen LogP contribution in [0.2, 0.25) is 0 Å². The molecule has 0 aromatic heterocycles. The molecule has 0 fully saturated rings. The smallest absolute Gasteiger partial charge is 0.226 e. The van der Waals surface area contributed by atoms with Crippen LogP contribution in [0.25, 0.3) is 0 Å². The first-order chi connectivity index (χ1) is 5.09. The van der Waals surface area contributed by atoms with Crippen LogP contribution in [0.3, 0.4) is 0 Å². The summed E-state index contributed by atoms with van der Waals surface area (Å²) in [5.74, 6) is 0.0718. The molecule has 0 radical (unpaired) electrons. The molecule has 2 unspecified atom stereocenters. The molecule has 0 saturated carbocycles. The van der Waals surface area contributed by atoms with Crippen molar-refractivity contribution in [3.05, 3.63) is 0 Å². The van der Waals surface area contributed by atoms with Crippen LogP contribution in [0.1, 0.15) is 20.3 Å². The molecule has 1 aliphatic rings. The summed E-state index contributed by atoms with van der Waals surface area (Å²) >= 11 is 0. The van der Waals surface area contributed by atoms with E-state index in [0.29, 0.717) is 5.90 Å². The summed E-state index contributed by atoms with van der Waals surface area (Å²) in [4.78, 5) is 14.5. The fraction of sp³-hybridized carbons (Fsp3) is 0.714. The molecule has 0 bridgehead atoms. The normalized spacial score (nSPS) is 29.5. The Kier molecular flexibility index (Phi) is 2.12. The van der Waals surface area contributed by atoms with Crippen molar-refractivity contribution >= 4 is 11.8 Å². The van der Waals surface area contributed by atoms with E-state index in [1.54, 1.807) is 0 Å². The molecule has 0 aromatic carbocycles. The molecule has 1 aliphatic heterocycles. The summed E-state index contributed by atoms with van der Waals surface area (Å²) in [6.45, 7) is 3.86. The largest absolute Gasteiger partial charge is 0.475 e. The standard InChI is InChI=1S/C7H12N2O2/c1-4-5(2)11-7(9-4)3-6(8)10/h4-5H,3H2,1-2H3,(H2,8,10). The molecule has 0 spiro atoms. The second-order valence-electron chi connectivity index (χ2n) is 2.73. The van der Waals surface area contributed by atoms with Crippen LogP contribution in [-0.4, -0.2) is 24.0 Å². The summed E-state index contributed by atoms with van der Waals surface area (Å²) in [6.07, 6.45) is 0.193. The van der Waals surface area contributed by atoms with E-state index in [4.69, 9.17) is 10.5 Å². The van der Waals surface area contributed by atoms with Gasteiger partial charge in [-0.3, -0.25) is 4.79 Å². The highest BCUT2D eigenvalue weighted by atomic mass is 16.5. The third kappa shape index (κ3) is 1.93. The zero-order chi connectivity index (χ0) is 8.43. The van der Waals surface area contributed by atoms with Gasteiger partial charge < -0.3 is 10.5 Å². The maximum Gasteiger partial charge on any atom is 0.226 e. The van der Waals surface area contributed by atoms with Crippen LogP contribution >= 0.6 is 0 Å². The van der Waals surface area contributed by atoms with Crippen molar-refractivity contribution in [2.24, 2.45) is 10.7 Å². The third-order valence-electron chi connectivity index (χ3n) is 1.67. The van der Waals surface area contributed by atoms with E-state index in [0.717, 1.165) is 0 Å². The van der Waals surface area contributed by atoms with Gasteiger partial charge in [-0.15, -0.1) is 0 Å². The van der Waals surface area contributed by atoms with E-state index in [-0.39, 0.29) is 18.6 Å². The SMILES string of the molecule is CC1N=C(CC(N)=O)OC1C. The van der Waals surface area contributed by atoms with Gasteiger partial charge in [-0.2, -0.15) is 0 Å². The number of rotatable bonds is 2. The lowest BCUT2D eigenvalue weighted by atomic mass is 10.2. The van der Waals surface area contributed by atoms with Crippen molar-refractivity contribution in [3.8, 4) is 0 Å². The van der Waals surface area contributed by atoms with E-state index >= 15 is 0 Å². The highest BCUT2D eigenvalue weighted by Crippen LogP contribution is 2.13. The molecule has 1 heterocycles. The number of hydrogen-bond donors (Lipinski definition) is 1. The topological polar surface area (TPSA) is 64.7 Å². The van der Waals surface area contributed by atoms with Gasteiger partial charge in [-0.25, -0.2) is 4.99 Å². The van der Waals surface area contributed by atoms with Crippen molar-refractivity contribution < 1.29 is 9.53 Å². The van der Waals surface area contributed by atoms with Gasteiger partial charge in [0.15, 0.2) is 5.90 Å². The van der Waals surface area contributed by atoms with E-state index in [1.165, 1.54) is 0 Å². The summed E-state index contributed by atoms with van der Waals surface area (Å²) in [7, 11) is 0. The number of carbonyl (C=O) groups excluding carboxylic acids is 1. The van der Waals surface area contributed by atoms with Crippen LogP contribution in [0.15, 0.2) is 4.99 Å². The molecule has 0 saturated heterocycles. The fourth-order valence-corrected chi connectivity index (χ4v) is 0.912. The Hall–Kier alpha value is -1.06. The minimum atomic E-state index is -0.398. The average Bonchev–Trinajstić information content (AvgIpc) is 2.10. The quantitative estimate of drug-likeness (QED) is 0.614. The van der Waals surface area contributed by atoms with Gasteiger partial charge in [0.1, 0.15) is 12.5 Å². The van der Waals surface area contributed by atoms with E-state index < -0.39 is 5.91 Å². The Morgan fingerprint density at radius 2 is 2.36 bits per heavy atom. The van der Waals surface area contributed by atoms with Gasteiger partial charge in [0.2, 0.25) is 5.91 Å². The highest BCUT2D eigenvalue weighted by Gasteiger charge is 2.23. The van der Waals surface area contributed by atoms with Gasteiger partial charge >= 0.3 is 0 Å². The van der Waals surface area contributed by atoms with Gasteiger partial charge in [-0.1, -0.05) is 0 Å². The molecule has 1 amide bonds. The first-order valence-corrected chi connectivity index (χ1v) is 3.61. The summed E-state index contributed by atoms with van der Waals surface area (Å²) in [5, 5.41) is 0. The average molecular weight is 156 g/mol. The van der Waals surface area contributed by atoms with Crippen molar-refractivity contribution in [1.82, 2.24) is 0 Å². The predicted molar refractivity (Wildman–Crippen MR) is 41.3 cm³/mol. The maximum absolute atomic E-state index is 10.4. The van der Waals surface area contributed by atoms with Crippen molar-refractivity contribution in [2.45, 2.75) is 32.4 Å². The molecule has 2 N–H and O–H groups in total.